The van der Waals surface area contributed by atoms with Crippen LogP contribution >= 0.6 is 31.9 Å². The van der Waals surface area contributed by atoms with Crippen molar-refractivity contribution in [3.63, 3.8) is 0 Å². The van der Waals surface area contributed by atoms with Gasteiger partial charge in [0.05, 0.1) is 11.1 Å². The SMILES string of the molecule is CCOC(=O)C(F)(F)Oc1ccc(Br)cc1Br. The highest BCUT2D eigenvalue weighted by Crippen LogP contribution is 2.32. The molecular formula is C10H8Br2F2O3. The van der Waals surface area contributed by atoms with Crippen LogP contribution in [0.1, 0.15) is 6.92 Å². The largest absolute Gasteiger partial charge is 0.502 e. The van der Waals surface area contributed by atoms with Crippen LogP contribution < -0.4 is 4.74 Å². The quantitative estimate of drug-likeness (QED) is 0.754. The molecule has 1 aromatic rings. The maximum atomic E-state index is 13.2. The van der Waals surface area contributed by atoms with E-state index >= 15 is 0 Å². The average Bonchev–Trinajstić information content (AvgIpc) is 2.22. The summed E-state index contributed by atoms with van der Waals surface area (Å²) in [6, 6.07) is 4.35. The summed E-state index contributed by atoms with van der Waals surface area (Å²) in [6.45, 7) is 1.29. The maximum Gasteiger partial charge on any atom is 0.502 e. The smallest absolute Gasteiger partial charge is 0.459 e. The van der Waals surface area contributed by atoms with E-state index in [-0.39, 0.29) is 12.4 Å². The van der Waals surface area contributed by atoms with Crippen LogP contribution in [0.5, 0.6) is 5.75 Å². The zero-order valence-corrected chi connectivity index (χ0v) is 11.8. The Labute approximate surface area is 113 Å². The Kier molecular flexibility index (Phi) is 4.88. The molecule has 0 aliphatic carbocycles. The summed E-state index contributed by atoms with van der Waals surface area (Å²) in [6.07, 6.45) is -4.01. The van der Waals surface area contributed by atoms with Crippen molar-refractivity contribution >= 4 is 37.8 Å². The van der Waals surface area contributed by atoms with Crippen molar-refractivity contribution in [2.75, 3.05) is 6.61 Å². The number of halogens is 4. The molecule has 0 aromatic heterocycles. The maximum absolute atomic E-state index is 13.2. The van der Waals surface area contributed by atoms with Gasteiger partial charge in [-0.05, 0) is 41.1 Å². The third kappa shape index (κ3) is 3.92. The molecule has 1 aromatic carbocycles. The van der Waals surface area contributed by atoms with Gasteiger partial charge >= 0.3 is 12.1 Å². The highest BCUT2D eigenvalue weighted by atomic mass is 79.9. The Morgan fingerprint density at radius 1 is 1.41 bits per heavy atom. The van der Waals surface area contributed by atoms with E-state index in [0.29, 0.717) is 8.95 Å². The lowest BCUT2D eigenvalue weighted by atomic mass is 10.3. The number of carbonyl (C=O) groups is 1. The van der Waals surface area contributed by atoms with E-state index in [0.717, 1.165) is 0 Å². The van der Waals surface area contributed by atoms with Crippen molar-refractivity contribution in [1.29, 1.82) is 0 Å². The van der Waals surface area contributed by atoms with Crippen LogP contribution in [0.25, 0.3) is 0 Å². The minimum atomic E-state index is -4.01. The lowest BCUT2D eigenvalue weighted by Gasteiger charge is -2.16. The van der Waals surface area contributed by atoms with Crippen molar-refractivity contribution in [2.45, 2.75) is 13.0 Å². The van der Waals surface area contributed by atoms with E-state index in [9.17, 15) is 13.6 Å². The Hall–Kier alpha value is -0.690. The molecule has 3 nitrogen and oxygen atoms in total. The van der Waals surface area contributed by atoms with Crippen LogP contribution in [0.4, 0.5) is 8.78 Å². The summed E-state index contributed by atoms with van der Waals surface area (Å²) >= 11 is 6.21. The second-order valence-electron chi connectivity index (χ2n) is 2.91. The first-order valence-electron chi connectivity index (χ1n) is 4.56. The molecule has 0 saturated carbocycles. The van der Waals surface area contributed by atoms with Crippen molar-refractivity contribution in [3.8, 4) is 5.75 Å². The fourth-order valence-corrected chi connectivity index (χ4v) is 2.08. The molecule has 0 N–H and O–H groups in total. The standard InChI is InChI=1S/C10H8Br2F2O3/c1-2-16-9(15)10(13,14)17-8-4-3-6(11)5-7(8)12/h3-5H,2H2,1H3. The Morgan fingerprint density at radius 3 is 2.59 bits per heavy atom. The number of alkyl halides is 2. The molecule has 0 aliphatic rings. The molecular weight excluding hydrogens is 366 g/mol. The van der Waals surface area contributed by atoms with Crippen LogP contribution in [0.15, 0.2) is 27.1 Å². The second-order valence-corrected chi connectivity index (χ2v) is 4.68. The monoisotopic (exact) mass is 372 g/mol. The summed E-state index contributed by atoms with van der Waals surface area (Å²) in [5.74, 6) is -1.86. The molecule has 0 heterocycles. The average molecular weight is 374 g/mol. The van der Waals surface area contributed by atoms with Gasteiger partial charge < -0.3 is 9.47 Å². The van der Waals surface area contributed by atoms with Crippen molar-refractivity contribution < 1.29 is 23.0 Å². The zero-order valence-electron chi connectivity index (χ0n) is 8.68. The summed E-state index contributed by atoms with van der Waals surface area (Å²) in [7, 11) is 0. The first-order chi connectivity index (χ1) is 7.86. The van der Waals surface area contributed by atoms with E-state index in [4.69, 9.17) is 0 Å². The van der Waals surface area contributed by atoms with Gasteiger partial charge in [-0.2, -0.15) is 8.78 Å². The van der Waals surface area contributed by atoms with E-state index < -0.39 is 12.1 Å². The topological polar surface area (TPSA) is 35.5 Å². The van der Waals surface area contributed by atoms with Gasteiger partial charge in [0.1, 0.15) is 5.75 Å². The van der Waals surface area contributed by atoms with Crippen molar-refractivity contribution in [3.05, 3.63) is 27.1 Å². The molecule has 0 atom stereocenters. The second kappa shape index (κ2) is 5.77. The van der Waals surface area contributed by atoms with Crippen LogP contribution in [-0.4, -0.2) is 18.7 Å². The molecule has 1 rings (SSSR count). The summed E-state index contributed by atoms with van der Waals surface area (Å²) < 4.78 is 36.0. The Morgan fingerprint density at radius 2 is 2.06 bits per heavy atom. The van der Waals surface area contributed by atoms with Crippen molar-refractivity contribution in [1.82, 2.24) is 0 Å². The highest BCUT2D eigenvalue weighted by molar-refractivity contribution is 9.11. The fourth-order valence-electron chi connectivity index (χ4n) is 0.953. The van der Waals surface area contributed by atoms with Crippen molar-refractivity contribution in [2.24, 2.45) is 0 Å². The first kappa shape index (κ1) is 14.4. The van der Waals surface area contributed by atoms with E-state index in [1.165, 1.54) is 25.1 Å². The highest BCUT2D eigenvalue weighted by Gasteiger charge is 2.44. The summed E-state index contributed by atoms with van der Waals surface area (Å²) in [4.78, 5) is 10.9. The van der Waals surface area contributed by atoms with E-state index in [1.54, 1.807) is 0 Å². The molecule has 17 heavy (non-hydrogen) atoms. The minimum Gasteiger partial charge on any atom is -0.459 e. The Bertz CT molecular complexity index is 424. The molecule has 0 unspecified atom stereocenters. The van der Waals surface area contributed by atoms with Crippen LogP contribution in [0.3, 0.4) is 0 Å². The molecule has 0 spiro atoms. The van der Waals surface area contributed by atoms with Gasteiger partial charge in [-0.25, -0.2) is 4.79 Å². The third-order valence-electron chi connectivity index (χ3n) is 1.65. The molecule has 0 bridgehead atoms. The van der Waals surface area contributed by atoms with E-state index in [1.807, 2.05) is 0 Å². The molecule has 7 heteroatoms. The van der Waals surface area contributed by atoms with Gasteiger partial charge in [0.25, 0.3) is 0 Å². The van der Waals surface area contributed by atoms with Crippen LogP contribution in [0.2, 0.25) is 0 Å². The molecule has 0 radical (unpaired) electrons. The van der Waals surface area contributed by atoms with Gasteiger partial charge in [0.15, 0.2) is 0 Å². The molecule has 0 amide bonds. The molecule has 0 saturated heterocycles. The lowest BCUT2D eigenvalue weighted by molar-refractivity contribution is -0.216. The normalized spacial score (nSPS) is 11.1. The number of benzene rings is 1. The summed E-state index contributed by atoms with van der Waals surface area (Å²) in [5, 5.41) is 0. The van der Waals surface area contributed by atoms with Gasteiger partial charge in [-0.15, -0.1) is 0 Å². The lowest BCUT2D eigenvalue weighted by Crippen LogP contribution is -2.37. The van der Waals surface area contributed by atoms with Crippen LogP contribution in [-0.2, 0) is 9.53 Å². The van der Waals surface area contributed by atoms with E-state index in [2.05, 4.69) is 41.3 Å². The van der Waals surface area contributed by atoms with Gasteiger partial charge in [0.2, 0.25) is 0 Å². The molecule has 0 aliphatic heterocycles. The number of hydrogen-bond acceptors (Lipinski definition) is 3. The Balaban J connectivity index is 2.86. The number of rotatable bonds is 4. The van der Waals surface area contributed by atoms with Gasteiger partial charge in [0, 0.05) is 4.47 Å². The van der Waals surface area contributed by atoms with Gasteiger partial charge in [-0.1, -0.05) is 15.9 Å². The number of carbonyl (C=O) groups excluding carboxylic acids is 1. The minimum absolute atomic E-state index is 0.140. The zero-order chi connectivity index (χ0) is 13.1. The molecule has 94 valence electrons. The number of esters is 1. The molecule has 0 fully saturated rings. The predicted octanol–water partition coefficient (Wildman–Crippen LogP) is 3.75. The van der Waals surface area contributed by atoms with Crippen LogP contribution in [0, 0.1) is 0 Å². The first-order valence-corrected chi connectivity index (χ1v) is 6.14. The van der Waals surface area contributed by atoms with Gasteiger partial charge in [-0.3, -0.25) is 0 Å². The fraction of sp³-hybridized carbons (Fsp3) is 0.300. The third-order valence-corrected chi connectivity index (χ3v) is 2.76. The number of hydrogen-bond donors (Lipinski definition) is 0. The number of ether oxygens (including phenoxy) is 2. The summed E-state index contributed by atoms with van der Waals surface area (Å²) in [5.41, 5.74) is 0. The predicted molar refractivity (Wildman–Crippen MR) is 64.1 cm³/mol.